The number of anilines is 1. The third-order valence-corrected chi connectivity index (χ3v) is 3.77. The van der Waals surface area contributed by atoms with Crippen LogP contribution in [0.5, 0.6) is 11.5 Å². The van der Waals surface area contributed by atoms with Crippen molar-refractivity contribution in [1.29, 1.82) is 0 Å². The zero-order valence-electron chi connectivity index (χ0n) is 10.4. The minimum atomic E-state index is -3.65. The quantitative estimate of drug-likeness (QED) is 0.860. The van der Waals surface area contributed by atoms with Crippen molar-refractivity contribution >= 4 is 15.7 Å². The van der Waals surface area contributed by atoms with E-state index in [4.69, 9.17) is 9.47 Å². The summed E-state index contributed by atoms with van der Waals surface area (Å²) >= 11 is 0. The Bertz CT molecular complexity index is 653. The highest BCUT2D eigenvalue weighted by Gasteiger charge is 2.16. The zero-order chi connectivity index (χ0) is 13.9. The van der Waals surface area contributed by atoms with Crippen molar-refractivity contribution in [1.82, 2.24) is 10.2 Å². The highest BCUT2D eigenvalue weighted by Crippen LogP contribution is 2.30. The Balaban J connectivity index is 2.29. The molecular weight excluding hydrogens is 270 g/mol. The third-order valence-electron chi connectivity index (χ3n) is 2.42. The van der Waals surface area contributed by atoms with Gasteiger partial charge in [0.15, 0.2) is 11.5 Å². The smallest absolute Gasteiger partial charge is 0.265 e. The molecule has 8 heteroatoms. The Hall–Kier alpha value is -2.22. The average Bonchev–Trinajstić information content (AvgIpc) is 2.93. The number of ether oxygens (including phenoxy) is 2. The molecule has 0 bridgehead atoms. The number of methoxy groups -OCH3 is 2. The second-order valence-corrected chi connectivity index (χ2v) is 5.29. The molecule has 0 aliphatic carbocycles. The Morgan fingerprint density at radius 2 is 1.95 bits per heavy atom. The summed E-state index contributed by atoms with van der Waals surface area (Å²) in [5.41, 5.74) is 0.374. The monoisotopic (exact) mass is 283 g/mol. The van der Waals surface area contributed by atoms with E-state index in [9.17, 15) is 8.42 Å². The molecular formula is C11H13N3O4S. The molecule has 1 aromatic carbocycles. The zero-order valence-corrected chi connectivity index (χ0v) is 11.2. The molecule has 0 unspecified atom stereocenters. The van der Waals surface area contributed by atoms with Gasteiger partial charge in [0, 0.05) is 12.3 Å². The van der Waals surface area contributed by atoms with E-state index in [0.29, 0.717) is 17.2 Å². The summed E-state index contributed by atoms with van der Waals surface area (Å²) in [6.07, 6.45) is 2.52. The van der Waals surface area contributed by atoms with Gasteiger partial charge in [0.2, 0.25) is 0 Å². The van der Waals surface area contributed by atoms with Gasteiger partial charge < -0.3 is 9.47 Å². The standard InChI is InChI=1S/C11H13N3O4S/c1-17-10-4-3-8(5-11(10)18-2)14-19(15,16)9-6-12-13-7-9/h3-7,14H,1-2H3,(H,12,13). The van der Waals surface area contributed by atoms with Gasteiger partial charge >= 0.3 is 0 Å². The largest absolute Gasteiger partial charge is 0.493 e. The molecule has 0 saturated heterocycles. The molecule has 0 atom stereocenters. The van der Waals surface area contributed by atoms with E-state index in [1.165, 1.54) is 32.7 Å². The maximum atomic E-state index is 12.0. The van der Waals surface area contributed by atoms with E-state index in [1.54, 1.807) is 12.1 Å². The highest BCUT2D eigenvalue weighted by molar-refractivity contribution is 7.92. The van der Waals surface area contributed by atoms with Gasteiger partial charge in [-0.3, -0.25) is 9.82 Å². The number of nitrogens with zero attached hydrogens (tertiary/aromatic N) is 1. The number of rotatable bonds is 5. The molecule has 2 rings (SSSR count). The molecule has 7 nitrogen and oxygen atoms in total. The second kappa shape index (κ2) is 5.19. The molecule has 0 spiro atoms. The summed E-state index contributed by atoms with van der Waals surface area (Å²) in [5.74, 6) is 0.962. The molecule has 0 amide bonds. The maximum absolute atomic E-state index is 12.0. The summed E-state index contributed by atoms with van der Waals surface area (Å²) in [6.45, 7) is 0. The maximum Gasteiger partial charge on any atom is 0.265 e. The second-order valence-electron chi connectivity index (χ2n) is 3.61. The minimum absolute atomic E-state index is 0.0577. The molecule has 0 radical (unpaired) electrons. The summed E-state index contributed by atoms with van der Waals surface area (Å²) in [4.78, 5) is 0.0577. The summed E-state index contributed by atoms with van der Waals surface area (Å²) in [5, 5.41) is 6.05. The van der Waals surface area contributed by atoms with E-state index < -0.39 is 10.0 Å². The fraction of sp³-hybridized carbons (Fsp3) is 0.182. The topological polar surface area (TPSA) is 93.3 Å². The number of sulfonamides is 1. The van der Waals surface area contributed by atoms with Crippen molar-refractivity contribution in [3.63, 3.8) is 0 Å². The first kappa shape index (κ1) is 13.2. The van der Waals surface area contributed by atoms with Crippen LogP contribution in [0.4, 0.5) is 5.69 Å². The molecule has 0 saturated carbocycles. The van der Waals surface area contributed by atoms with E-state index in [2.05, 4.69) is 14.9 Å². The lowest BCUT2D eigenvalue weighted by Crippen LogP contribution is -2.12. The van der Waals surface area contributed by atoms with Crippen molar-refractivity contribution in [3.05, 3.63) is 30.6 Å². The van der Waals surface area contributed by atoms with Crippen LogP contribution >= 0.6 is 0 Å². The van der Waals surface area contributed by atoms with Crippen molar-refractivity contribution in [2.75, 3.05) is 18.9 Å². The van der Waals surface area contributed by atoms with Crippen LogP contribution in [0.1, 0.15) is 0 Å². The lowest BCUT2D eigenvalue weighted by Gasteiger charge is -2.10. The Labute approximate surface area is 110 Å². The number of hydrogen-bond donors (Lipinski definition) is 2. The van der Waals surface area contributed by atoms with Crippen molar-refractivity contribution in [2.45, 2.75) is 4.90 Å². The van der Waals surface area contributed by atoms with Gasteiger partial charge in [-0.2, -0.15) is 5.10 Å². The van der Waals surface area contributed by atoms with Crippen molar-refractivity contribution < 1.29 is 17.9 Å². The summed E-state index contributed by atoms with van der Waals surface area (Å²) < 4.78 is 36.6. The van der Waals surface area contributed by atoms with Crippen LogP contribution < -0.4 is 14.2 Å². The molecule has 2 N–H and O–H groups in total. The number of aromatic amines is 1. The number of aromatic nitrogens is 2. The van der Waals surface area contributed by atoms with E-state index >= 15 is 0 Å². The van der Waals surface area contributed by atoms with Crippen molar-refractivity contribution in [2.24, 2.45) is 0 Å². The van der Waals surface area contributed by atoms with Crippen LogP contribution in [0.2, 0.25) is 0 Å². The first-order valence-electron chi connectivity index (χ1n) is 5.30. The Morgan fingerprint density at radius 3 is 2.53 bits per heavy atom. The van der Waals surface area contributed by atoms with Gasteiger partial charge in [-0.05, 0) is 12.1 Å². The Kier molecular flexibility index (Phi) is 3.61. The molecule has 2 aromatic rings. The van der Waals surface area contributed by atoms with Crippen LogP contribution in [-0.4, -0.2) is 32.8 Å². The van der Waals surface area contributed by atoms with Gasteiger partial charge in [-0.1, -0.05) is 0 Å². The first-order valence-corrected chi connectivity index (χ1v) is 6.79. The first-order chi connectivity index (χ1) is 9.06. The molecule has 1 aromatic heterocycles. The molecule has 102 valence electrons. The molecule has 1 heterocycles. The van der Waals surface area contributed by atoms with Gasteiger partial charge in [-0.25, -0.2) is 8.42 Å². The molecule has 0 aliphatic heterocycles. The normalized spacial score (nSPS) is 11.1. The van der Waals surface area contributed by atoms with Gasteiger partial charge in [0.25, 0.3) is 10.0 Å². The lowest BCUT2D eigenvalue weighted by molar-refractivity contribution is 0.355. The number of hydrogen-bond acceptors (Lipinski definition) is 5. The SMILES string of the molecule is COc1ccc(NS(=O)(=O)c2cn[nH]c2)cc1OC. The molecule has 19 heavy (non-hydrogen) atoms. The third kappa shape index (κ3) is 2.79. The highest BCUT2D eigenvalue weighted by atomic mass is 32.2. The molecule has 0 fully saturated rings. The van der Waals surface area contributed by atoms with Gasteiger partial charge in [0.1, 0.15) is 4.90 Å². The van der Waals surface area contributed by atoms with Crippen LogP contribution in [0.25, 0.3) is 0 Å². The number of H-pyrrole nitrogens is 1. The van der Waals surface area contributed by atoms with E-state index in [0.717, 1.165) is 0 Å². The van der Waals surface area contributed by atoms with Crippen LogP contribution in [-0.2, 0) is 10.0 Å². The van der Waals surface area contributed by atoms with Crippen LogP contribution in [0.15, 0.2) is 35.5 Å². The predicted molar refractivity (Wildman–Crippen MR) is 68.9 cm³/mol. The average molecular weight is 283 g/mol. The fourth-order valence-electron chi connectivity index (χ4n) is 1.50. The van der Waals surface area contributed by atoms with Crippen LogP contribution in [0.3, 0.4) is 0 Å². The molecule has 0 aliphatic rings. The summed E-state index contributed by atoms with van der Waals surface area (Å²) in [6, 6.07) is 4.74. The van der Waals surface area contributed by atoms with Crippen LogP contribution in [0, 0.1) is 0 Å². The van der Waals surface area contributed by atoms with Gasteiger partial charge in [-0.15, -0.1) is 0 Å². The van der Waals surface area contributed by atoms with Crippen molar-refractivity contribution in [3.8, 4) is 11.5 Å². The van der Waals surface area contributed by atoms with Gasteiger partial charge in [0.05, 0.1) is 26.1 Å². The lowest BCUT2D eigenvalue weighted by atomic mass is 10.3. The minimum Gasteiger partial charge on any atom is -0.493 e. The Morgan fingerprint density at radius 1 is 1.21 bits per heavy atom. The number of benzene rings is 1. The fourth-order valence-corrected chi connectivity index (χ4v) is 2.45. The predicted octanol–water partition coefficient (Wildman–Crippen LogP) is 1.23. The number of nitrogens with one attached hydrogen (secondary N) is 2. The van der Waals surface area contributed by atoms with E-state index in [1.807, 2.05) is 0 Å². The summed E-state index contributed by atoms with van der Waals surface area (Å²) in [7, 11) is -0.669. The van der Waals surface area contributed by atoms with E-state index in [-0.39, 0.29) is 4.90 Å².